The number of hydrogen-bond acceptors (Lipinski definition) is 3. The molecule has 0 aliphatic heterocycles. The first-order valence-electron chi connectivity index (χ1n) is 6.85. The predicted molar refractivity (Wildman–Crippen MR) is 85.5 cm³/mol. The molecular weight excluding hydrogens is 325 g/mol. The van der Waals surface area contributed by atoms with Crippen molar-refractivity contribution in [1.82, 2.24) is 5.32 Å². The highest BCUT2D eigenvalue weighted by Crippen LogP contribution is 2.59. The zero-order valence-corrected chi connectivity index (χ0v) is 13.7. The van der Waals surface area contributed by atoms with E-state index in [1.165, 1.54) is 0 Å². The maximum atomic E-state index is 12.2. The van der Waals surface area contributed by atoms with Gasteiger partial charge < -0.3 is 10.4 Å². The Morgan fingerprint density at radius 1 is 1.27 bits per heavy atom. The quantitative estimate of drug-likeness (QED) is 0.639. The van der Waals surface area contributed by atoms with Gasteiger partial charge in [-0.3, -0.25) is 9.59 Å². The van der Waals surface area contributed by atoms with Crippen LogP contribution in [0.3, 0.4) is 0 Å². The molecule has 1 fully saturated rings. The van der Waals surface area contributed by atoms with Gasteiger partial charge in [0.2, 0.25) is 11.7 Å². The summed E-state index contributed by atoms with van der Waals surface area (Å²) in [7, 11) is 0. The Morgan fingerprint density at radius 3 is 2.41 bits per heavy atom. The van der Waals surface area contributed by atoms with Gasteiger partial charge in [-0.25, -0.2) is 0 Å². The normalized spacial score (nSPS) is 23.3. The van der Waals surface area contributed by atoms with Gasteiger partial charge in [-0.2, -0.15) is 0 Å². The summed E-state index contributed by atoms with van der Waals surface area (Å²) < 4.78 is 0.106. The van der Waals surface area contributed by atoms with Crippen LogP contribution >= 0.6 is 23.2 Å². The van der Waals surface area contributed by atoms with Crippen LogP contribution in [0.5, 0.6) is 0 Å². The van der Waals surface area contributed by atoms with Crippen LogP contribution < -0.4 is 5.32 Å². The molecule has 1 aliphatic rings. The minimum absolute atomic E-state index is 0.106. The highest BCUT2D eigenvalue weighted by atomic mass is 35.5. The standard InChI is InChI=1S/C16H17Cl2NO3/c1-16(2)10(8-11(17)18)12(16)14(21)19-15(22)13(20)9-6-4-3-5-7-9/h3-8,10,12,15,22H,1-2H3,(H,19,21)/t10-,12-,15-/m1/s1. The lowest BCUT2D eigenvalue weighted by atomic mass is 10.1. The minimum atomic E-state index is -1.57. The van der Waals surface area contributed by atoms with Crippen molar-refractivity contribution in [2.24, 2.45) is 17.3 Å². The second-order valence-corrected chi connectivity index (χ2v) is 6.93. The Morgan fingerprint density at radius 2 is 1.86 bits per heavy atom. The van der Waals surface area contributed by atoms with Crippen LogP contribution in [0.1, 0.15) is 24.2 Å². The summed E-state index contributed by atoms with van der Waals surface area (Å²) in [5, 5.41) is 12.3. The molecule has 0 bridgehead atoms. The summed E-state index contributed by atoms with van der Waals surface area (Å²) in [5.41, 5.74) is 0.0276. The number of aliphatic hydroxyl groups is 1. The van der Waals surface area contributed by atoms with Gasteiger partial charge in [-0.05, 0) is 17.4 Å². The molecule has 6 heteroatoms. The fourth-order valence-corrected chi connectivity index (χ4v) is 2.95. The van der Waals surface area contributed by atoms with Crippen molar-refractivity contribution in [2.75, 3.05) is 0 Å². The van der Waals surface area contributed by atoms with Crippen molar-refractivity contribution < 1.29 is 14.7 Å². The van der Waals surface area contributed by atoms with Gasteiger partial charge in [0.15, 0.2) is 6.23 Å². The van der Waals surface area contributed by atoms with E-state index in [9.17, 15) is 14.7 Å². The average Bonchev–Trinajstić information content (AvgIpc) is 2.99. The zero-order chi connectivity index (χ0) is 16.5. The smallest absolute Gasteiger partial charge is 0.226 e. The summed E-state index contributed by atoms with van der Waals surface area (Å²) in [6, 6.07) is 8.31. The van der Waals surface area contributed by atoms with Gasteiger partial charge in [0, 0.05) is 5.56 Å². The Bertz CT molecular complexity index is 609. The number of carbonyl (C=O) groups is 2. The number of ketones is 1. The number of benzene rings is 1. The van der Waals surface area contributed by atoms with Gasteiger partial charge >= 0.3 is 0 Å². The molecule has 4 nitrogen and oxygen atoms in total. The Balaban J connectivity index is 2.01. The third-order valence-corrected chi connectivity index (χ3v) is 4.34. The van der Waals surface area contributed by atoms with E-state index in [0.29, 0.717) is 5.56 Å². The second kappa shape index (κ2) is 6.41. The number of nitrogens with one attached hydrogen (secondary N) is 1. The predicted octanol–water partition coefficient (Wildman–Crippen LogP) is 2.90. The number of rotatable bonds is 5. The second-order valence-electron chi connectivity index (χ2n) is 5.92. The van der Waals surface area contributed by atoms with Crippen LogP contribution in [0.2, 0.25) is 0 Å². The summed E-state index contributed by atoms with van der Waals surface area (Å²) in [6.07, 6.45) is 0.0427. The Labute approximate surface area is 139 Å². The first kappa shape index (κ1) is 17.0. The lowest BCUT2D eigenvalue weighted by Crippen LogP contribution is -2.42. The van der Waals surface area contributed by atoms with Crippen LogP contribution in [-0.4, -0.2) is 23.0 Å². The SMILES string of the molecule is CC1(C)[C@H](C=C(Cl)Cl)[C@@H]1C(=O)N[C@H](O)C(=O)c1ccccc1. The van der Waals surface area contributed by atoms with Gasteiger partial charge in [0.25, 0.3) is 0 Å². The minimum Gasteiger partial charge on any atom is -0.367 e. The average molecular weight is 342 g/mol. The lowest BCUT2D eigenvalue weighted by molar-refractivity contribution is -0.125. The molecule has 0 saturated heterocycles. The number of hydrogen-bond donors (Lipinski definition) is 2. The van der Waals surface area contributed by atoms with Gasteiger partial charge in [-0.15, -0.1) is 0 Å². The van der Waals surface area contributed by atoms with Crippen LogP contribution in [0.4, 0.5) is 0 Å². The summed E-state index contributed by atoms with van der Waals surface area (Å²) in [5.74, 6) is -1.43. The largest absolute Gasteiger partial charge is 0.367 e. The van der Waals surface area contributed by atoms with Crippen LogP contribution in [0.25, 0.3) is 0 Å². The Hall–Kier alpha value is -1.36. The number of amides is 1. The van der Waals surface area contributed by atoms with Crippen molar-refractivity contribution in [3.8, 4) is 0 Å². The number of Topliss-reactive ketones (excluding diaryl/α,β-unsaturated/α-hetero) is 1. The van der Waals surface area contributed by atoms with Crippen molar-refractivity contribution >= 4 is 34.9 Å². The maximum absolute atomic E-state index is 12.2. The van der Waals surface area contributed by atoms with E-state index in [-0.39, 0.29) is 21.7 Å². The van der Waals surface area contributed by atoms with E-state index in [1.807, 2.05) is 13.8 Å². The van der Waals surface area contributed by atoms with E-state index >= 15 is 0 Å². The molecule has 1 saturated carbocycles. The van der Waals surface area contributed by atoms with E-state index in [1.54, 1.807) is 36.4 Å². The number of aliphatic hydroxyl groups excluding tert-OH is 1. The van der Waals surface area contributed by atoms with E-state index in [2.05, 4.69) is 5.32 Å². The van der Waals surface area contributed by atoms with E-state index in [4.69, 9.17) is 23.2 Å². The monoisotopic (exact) mass is 341 g/mol. The summed E-state index contributed by atoms with van der Waals surface area (Å²) in [4.78, 5) is 24.2. The fourth-order valence-electron chi connectivity index (χ4n) is 2.68. The van der Waals surface area contributed by atoms with Crippen molar-refractivity contribution in [1.29, 1.82) is 0 Å². The molecule has 2 N–H and O–H groups in total. The van der Waals surface area contributed by atoms with Gasteiger partial charge in [-0.1, -0.05) is 67.4 Å². The highest BCUT2D eigenvalue weighted by Gasteiger charge is 2.60. The molecular formula is C16H17Cl2NO3. The fraction of sp³-hybridized carbons (Fsp3) is 0.375. The maximum Gasteiger partial charge on any atom is 0.226 e. The first-order chi connectivity index (χ1) is 10.2. The van der Waals surface area contributed by atoms with Crippen molar-refractivity contribution in [3.05, 3.63) is 46.5 Å². The van der Waals surface area contributed by atoms with Gasteiger partial charge in [0.1, 0.15) is 4.49 Å². The van der Waals surface area contributed by atoms with Crippen molar-refractivity contribution in [2.45, 2.75) is 20.1 Å². The number of halogens is 2. The van der Waals surface area contributed by atoms with E-state index < -0.39 is 17.9 Å². The van der Waals surface area contributed by atoms with Gasteiger partial charge in [0.05, 0.1) is 5.92 Å². The molecule has 0 heterocycles. The summed E-state index contributed by atoms with van der Waals surface area (Å²) in [6.45, 7) is 3.81. The van der Waals surface area contributed by atoms with Crippen LogP contribution in [-0.2, 0) is 4.79 Å². The highest BCUT2D eigenvalue weighted by molar-refractivity contribution is 6.55. The van der Waals surface area contributed by atoms with Crippen molar-refractivity contribution in [3.63, 3.8) is 0 Å². The molecule has 2 rings (SSSR count). The first-order valence-corrected chi connectivity index (χ1v) is 7.61. The third-order valence-electron chi connectivity index (χ3n) is 4.08. The third kappa shape index (κ3) is 3.51. The van der Waals surface area contributed by atoms with Crippen LogP contribution in [0, 0.1) is 17.3 Å². The van der Waals surface area contributed by atoms with Crippen LogP contribution in [0.15, 0.2) is 40.9 Å². The molecule has 3 atom stereocenters. The number of allylic oxidation sites excluding steroid dienone is 1. The lowest BCUT2D eigenvalue weighted by Gasteiger charge is -2.12. The molecule has 22 heavy (non-hydrogen) atoms. The molecule has 0 radical (unpaired) electrons. The molecule has 1 aliphatic carbocycles. The molecule has 118 valence electrons. The topological polar surface area (TPSA) is 66.4 Å². The number of carbonyl (C=O) groups excluding carboxylic acids is 2. The molecule has 1 amide bonds. The molecule has 0 aromatic heterocycles. The Kier molecular flexibility index (Phi) is 4.95. The molecule has 1 aromatic rings. The molecule has 1 aromatic carbocycles. The molecule has 0 spiro atoms. The summed E-state index contributed by atoms with van der Waals surface area (Å²) >= 11 is 11.3. The molecule has 0 unspecified atom stereocenters. The van der Waals surface area contributed by atoms with E-state index in [0.717, 1.165) is 0 Å². The zero-order valence-electron chi connectivity index (χ0n) is 12.2.